The third-order valence-electron chi connectivity index (χ3n) is 4.32. The van der Waals surface area contributed by atoms with E-state index in [9.17, 15) is 0 Å². The molecule has 17 heavy (non-hydrogen) atoms. The monoisotopic (exact) mass is 232 g/mol. The molecule has 1 heterocycles. The van der Waals surface area contributed by atoms with E-state index in [0.717, 1.165) is 19.0 Å². The van der Waals surface area contributed by atoms with Gasteiger partial charge in [-0.1, -0.05) is 12.1 Å². The lowest BCUT2D eigenvalue weighted by atomic mass is 9.87. The number of aryl methyl sites for hydroxylation is 1. The van der Waals surface area contributed by atoms with Crippen LogP contribution in [0.4, 0.5) is 0 Å². The first-order chi connectivity index (χ1) is 8.15. The molecule has 2 nitrogen and oxygen atoms in total. The molecule has 0 spiro atoms. The van der Waals surface area contributed by atoms with Gasteiger partial charge in [0.15, 0.2) is 0 Å². The fraction of sp³-hybridized carbons (Fsp3) is 0.600. The Kier molecular flexibility index (Phi) is 3.85. The second kappa shape index (κ2) is 5.19. The predicted molar refractivity (Wildman–Crippen MR) is 73.4 cm³/mol. The van der Waals surface area contributed by atoms with Crippen molar-refractivity contribution in [2.45, 2.75) is 33.2 Å². The number of hydrogen-bond donors (Lipinski definition) is 2. The summed E-state index contributed by atoms with van der Waals surface area (Å²) in [6, 6.07) is 5.05. The molecule has 1 aliphatic heterocycles. The molecule has 2 N–H and O–H groups in total. The van der Waals surface area contributed by atoms with Crippen molar-refractivity contribution in [3.8, 4) is 0 Å². The van der Waals surface area contributed by atoms with Gasteiger partial charge in [-0.05, 0) is 75.5 Å². The molecule has 0 amide bonds. The second-order valence-electron chi connectivity index (χ2n) is 5.24. The second-order valence-corrected chi connectivity index (χ2v) is 5.24. The van der Waals surface area contributed by atoms with Gasteiger partial charge in [0.25, 0.3) is 0 Å². The number of benzene rings is 1. The summed E-state index contributed by atoms with van der Waals surface area (Å²) in [5, 5.41) is 6.97. The average molecular weight is 232 g/mol. The molecule has 2 atom stereocenters. The average Bonchev–Trinajstić information content (AvgIpc) is 2.84. The molecule has 0 aromatic heterocycles. The van der Waals surface area contributed by atoms with Crippen molar-refractivity contribution in [2.24, 2.45) is 5.92 Å². The molecule has 0 aliphatic carbocycles. The topological polar surface area (TPSA) is 24.1 Å². The van der Waals surface area contributed by atoms with Crippen molar-refractivity contribution in [3.63, 3.8) is 0 Å². The lowest BCUT2D eigenvalue weighted by Gasteiger charge is -2.26. The third kappa shape index (κ3) is 2.38. The van der Waals surface area contributed by atoms with Crippen molar-refractivity contribution in [1.29, 1.82) is 0 Å². The smallest absolute Gasteiger partial charge is 0.0361 e. The van der Waals surface area contributed by atoms with Crippen LogP contribution >= 0.6 is 0 Å². The molecule has 1 saturated heterocycles. The molecule has 1 fully saturated rings. The van der Waals surface area contributed by atoms with Gasteiger partial charge in [-0.25, -0.2) is 0 Å². The minimum Gasteiger partial charge on any atom is -0.316 e. The molecule has 0 radical (unpaired) electrons. The van der Waals surface area contributed by atoms with Crippen molar-refractivity contribution in [3.05, 3.63) is 34.4 Å². The minimum absolute atomic E-state index is 0.490. The fourth-order valence-corrected chi connectivity index (χ4v) is 2.92. The largest absolute Gasteiger partial charge is 0.316 e. The maximum absolute atomic E-state index is 3.51. The zero-order chi connectivity index (χ0) is 12.4. The molecule has 1 aromatic rings. The first kappa shape index (κ1) is 12.6. The highest BCUT2D eigenvalue weighted by Crippen LogP contribution is 2.30. The van der Waals surface area contributed by atoms with Crippen LogP contribution in [0.2, 0.25) is 0 Å². The summed E-state index contributed by atoms with van der Waals surface area (Å²) in [6.07, 6.45) is 1.28. The molecule has 2 unspecified atom stereocenters. The number of nitrogens with one attached hydrogen (secondary N) is 2. The quantitative estimate of drug-likeness (QED) is 0.836. The summed E-state index contributed by atoms with van der Waals surface area (Å²) in [5.41, 5.74) is 5.76. The van der Waals surface area contributed by atoms with Crippen molar-refractivity contribution < 1.29 is 0 Å². The van der Waals surface area contributed by atoms with Crippen LogP contribution in [-0.2, 0) is 0 Å². The van der Waals surface area contributed by atoms with Crippen LogP contribution in [0.15, 0.2) is 12.1 Å². The minimum atomic E-state index is 0.490. The molecule has 2 rings (SSSR count). The summed E-state index contributed by atoms with van der Waals surface area (Å²) in [5.74, 6) is 0.723. The van der Waals surface area contributed by atoms with Crippen LogP contribution in [0.3, 0.4) is 0 Å². The van der Waals surface area contributed by atoms with Gasteiger partial charge in [-0.2, -0.15) is 0 Å². The highest BCUT2D eigenvalue weighted by Gasteiger charge is 2.26. The van der Waals surface area contributed by atoms with Crippen LogP contribution in [0.5, 0.6) is 0 Å². The highest BCUT2D eigenvalue weighted by molar-refractivity contribution is 5.40. The summed E-state index contributed by atoms with van der Waals surface area (Å²) < 4.78 is 0. The predicted octanol–water partition coefficient (Wildman–Crippen LogP) is 2.48. The summed E-state index contributed by atoms with van der Waals surface area (Å²) in [4.78, 5) is 0. The summed E-state index contributed by atoms with van der Waals surface area (Å²) >= 11 is 0. The van der Waals surface area contributed by atoms with E-state index in [0.29, 0.717) is 6.04 Å². The number of hydrogen-bond acceptors (Lipinski definition) is 2. The summed E-state index contributed by atoms with van der Waals surface area (Å²) in [6.45, 7) is 8.97. The molecule has 2 heteroatoms. The molecule has 0 saturated carbocycles. The molecular weight excluding hydrogens is 208 g/mol. The van der Waals surface area contributed by atoms with E-state index in [4.69, 9.17) is 0 Å². The van der Waals surface area contributed by atoms with E-state index in [-0.39, 0.29) is 0 Å². The Morgan fingerprint density at radius 3 is 2.59 bits per heavy atom. The lowest BCUT2D eigenvalue weighted by Crippen LogP contribution is -2.27. The SMILES string of the molecule is CNC(c1ccc(C)c(C)c1C)C1CCNC1. The van der Waals surface area contributed by atoms with Crippen molar-refractivity contribution in [2.75, 3.05) is 20.1 Å². The Morgan fingerprint density at radius 2 is 2.00 bits per heavy atom. The Balaban J connectivity index is 2.33. The van der Waals surface area contributed by atoms with Gasteiger partial charge in [0.1, 0.15) is 0 Å². The maximum Gasteiger partial charge on any atom is 0.0361 e. The van der Waals surface area contributed by atoms with Gasteiger partial charge < -0.3 is 10.6 Å². The molecule has 1 aliphatic rings. The first-order valence-electron chi connectivity index (χ1n) is 6.59. The van der Waals surface area contributed by atoms with Gasteiger partial charge in [0.2, 0.25) is 0 Å². The van der Waals surface area contributed by atoms with Crippen molar-refractivity contribution in [1.82, 2.24) is 10.6 Å². The summed E-state index contributed by atoms with van der Waals surface area (Å²) in [7, 11) is 2.08. The Hall–Kier alpha value is -0.860. The van der Waals surface area contributed by atoms with Crippen molar-refractivity contribution >= 4 is 0 Å². The Morgan fingerprint density at radius 1 is 1.24 bits per heavy atom. The highest BCUT2D eigenvalue weighted by atomic mass is 15.0. The zero-order valence-corrected chi connectivity index (χ0v) is 11.4. The maximum atomic E-state index is 3.51. The van der Waals surface area contributed by atoms with Crippen LogP contribution in [0.1, 0.15) is 34.7 Å². The van der Waals surface area contributed by atoms with Gasteiger partial charge in [-0.3, -0.25) is 0 Å². The van der Waals surface area contributed by atoms with E-state index >= 15 is 0 Å². The molecular formula is C15H24N2. The van der Waals surface area contributed by atoms with E-state index in [2.05, 4.69) is 50.6 Å². The Bertz CT molecular complexity index is 392. The van der Waals surface area contributed by atoms with Crippen LogP contribution in [0, 0.1) is 26.7 Å². The van der Waals surface area contributed by atoms with E-state index in [1.165, 1.54) is 28.7 Å². The van der Waals surface area contributed by atoms with Crippen LogP contribution in [0.25, 0.3) is 0 Å². The normalized spacial score (nSPS) is 21.8. The van der Waals surface area contributed by atoms with Crippen LogP contribution < -0.4 is 10.6 Å². The lowest BCUT2D eigenvalue weighted by molar-refractivity contribution is 0.409. The third-order valence-corrected chi connectivity index (χ3v) is 4.32. The van der Waals surface area contributed by atoms with Gasteiger partial charge in [-0.15, -0.1) is 0 Å². The standard InChI is InChI=1S/C15H24N2/c1-10-5-6-14(12(3)11(10)2)15(16-4)13-7-8-17-9-13/h5-6,13,15-17H,7-9H2,1-4H3. The van der Waals surface area contributed by atoms with Crippen LogP contribution in [-0.4, -0.2) is 20.1 Å². The van der Waals surface area contributed by atoms with Gasteiger partial charge in [0, 0.05) is 6.04 Å². The van der Waals surface area contributed by atoms with E-state index in [1.807, 2.05) is 0 Å². The fourth-order valence-electron chi connectivity index (χ4n) is 2.92. The first-order valence-corrected chi connectivity index (χ1v) is 6.59. The molecule has 1 aromatic carbocycles. The number of rotatable bonds is 3. The van der Waals surface area contributed by atoms with Gasteiger partial charge in [0.05, 0.1) is 0 Å². The molecule has 0 bridgehead atoms. The van der Waals surface area contributed by atoms with Gasteiger partial charge >= 0.3 is 0 Å². The zero-order valence-electron chi connectivity index (χ0n) is 11.4. The van der Waals surface area contributed by atoms with E-state index in [1.54, 1.807) is 0 Å². The molecule has 94 valence electrons. The van der Waals surface area contributed by atoms with E-state index < -0.39 is 0 Å². The Labute approximate surface area is 105 Å².